The molecule has 148 valence electrons. The molecular weight excluding hydrogens is 360 g/mol. The highest BCUT2D eigenvalue weighted by atomic mass is 16.5. The lowest BCUT2D eigenvalue weighted by atomic mass is 10.2. The fraction of sp³-hybridized carbons (Fsp3) is 0.400. The van der Waals surface area contributed by atoms with Gasteiger partial charge in [-0.05, 0) is 31.9 Å². The van der Waals surface area contributed by atoms with Crippen LogP contribution in [0.1, 0.15) is 41.9 Å². The van der Waals surface area contributed by atoms with Crippen LogP contribution in [0.3, 0.4) is 0 Å². The second kappa shape index (κ2) is 8.69. The van der Waals surface area contributed by atoms with Gasteiger partial charge in [0.05, 0.1) is 12.8 Å². The van der Waals surface area contributed by atoms with Crippen LogP contribution < -0.4 is 20.9 Å². The number of rotatable bonds is 6. The molecule has 0 radical (unpaired) electrons. The van der Waals surface area contributed by atoms with Crippen molar-refractivity contribution in [3.63, 3.8) is 0 Å². The molecule has 0 atom stereocenters. The molecule has 1 aliphatic rings. The third kappa shape index (κ3) is 4.39. The molecule has 1 saturated carbocycles. The second-order valence-electron chi connectivity index (χ2n) is 6.81. The number of carbonyl (C=O) groups is 2. The summed E-state index contributed by atoms with van der Waals surface area (Å²) in [7, 11) is 1.51. The van der Waals surface area contributed by atoms with Gasteiger partial charge in [0, 0.05) is 12.2 Å². The lowest BCUT2D eigenvalue weighted by molar-refractivity contribution is -0.116. The third-order valence-corrected chi connectivity index (χ3v) is 4.86. The van der Waals surface area contributed by atoms with Crippen molar-refractivity contribution in [3.05, 3.63) is 52.2 Å². The van der Waals surface area contributed by atoms with Crippen LogP contribution in [-0.4, -0.2) is 34.5 Å². The van der Waals surface area contributed by atoms with Gasteiger partial charge in [-0.3, -0.25) is 19.0 Å². The van der Waals surface area contributed by atoms with Crippen molar-refractivity contribution in [2.75, 3.05) is 12.4 Å². The Bertz CT molecular complexity index is 932. The number of aromatic nitrogens is 2. The van der Waals surface area contributed by atoms with E-state index in [1.807, 2.05) is 0 Å². The molecule has 1 heterocycles. The van der Waals surface area contributed by atoms with E-state index in [1.54, 1.807) is 31.2 Å². The average molecular weight is 384 g/mol. The molecule has 2 aromatic rings. The van der Waals surface area contributed by atoms with Crippen LogP contribution in [0.2, 0.25) is 0 Å². The van der Waals surface area contributed by atoms with Gasteiger partial charge in [-0.1, -0.05) is 25.0 Å². The second-order valence-corrected chi connectivity index (χ2v) is 6.81. The number of nitrogens with one attached hydrogen (secondary N) is 2. The number of benzene rings is 1. The van der Waals surface area contributed by atoms with Gasteiger partial charge in [-0.2, -0.15) is 0 Å². The Balaban J connectivity index is 1.76. The van der Waals surface area contributed by atoms with Gasteiger partial charge >= 0.3 is 0 Å². The maximum Gasteiger partial charge on any atom is 0.266 e. The van der Waals surface area contributed by atoms with Crippen LogP contribution in [0.25, 0.3) is 0 Å². The Kier molecular flexibility index (Phi) is 6.08. The zero-order valence-electron chi connectivity index (χ0n) is 16.0. The highest BCUT2D eigenvalue weighted by Crippen LogP contribution is 2.23. The van der Waals surface area contributed by atoms with E-state index in [2.05, 4.69) is 15.6 Å². The maximum absolute atomic E-state index is 12.8. The van der Waals surface area contributed by atoms with Crippen LogP contribution in [0, 0.1) is 6.92 Å². The van der Waals surface area contributed by atoms with Crippen LogP contribution in [-0.2, 0) is 11.3 Å². The predicted molar refractivity (Wildman–Crippen MR) is 105 cm³/mol. The summed E-state index contributed by atoms with van der Waals surface area (Å²) in [6.45, 7) is 1.37. The van der Waals surface area contributed by atoms with Crippen LogP contribution in [0.5, 0.6) is 5.75 Å². The summed E-state index contributed by atoms with van der Waals surface area (Å²) in [4.78, 5) is 41.8. The summed E-state index contributed by atoms with van der Waals surface area (Å²) in [5.74, 6) is 0.0217. The van der Waals surface area contributed by atoms with Gasteiger partial charge in [0.15, 0.2) is 0 Å². The quantitative estimate of drug-likeness (QED) is 0.792. The Morgan fingerprint density at radius 1 is 1.25 bits per heavy atom. The molecular formula is C20H24N4O4. The van der Waals surface area contributed by atoms with Crippen molar-refractivity contribution in [2.24, 2.45) is 0 Å². The molecule has 0 spiro atoms. The summed E-state index contributed by atoms with van der Waals surface area (Å²) in [6, 6.07) is 7.08. The number of anilines is 1. The molecule has 0 unspecified atom stereocenters. The van der Waals surface area contributed by atoms with Crippen molar-refractivity contribution in [2.45, 2.75) is 45.2 Å². The van der Waals surface area contributed by atoms with Gasteiger partial charge in [-0.15, -0.1) is 0 Å². The number of ether oxygens (including phenoxy) is 1. The van der Waals surface area contributed by atoms with E-state index in [4.69, 9.17) is 4.74 Å². The molecule has 8 heteroatoms. The lowest BCUT2D eigenvalue weighted by Crippen LogP contribution is -2.39. The molecule has 0 aliphatic heterocycles. The first-order valence-corrected chi connectivity index (χ1v) is 9.29. The lowest BCUT2D eigenvalue weighted by Gasteiger charge is -2.14. The van der Waals surface area contributed by atoms with Crippen LogP contribution in [0.15, 0.2) is 35.3 Å². The van der Waals surface area contributed by atoms with Crippen molar-refractivity contribution in [3.8, 4) is 5.75 Å². The Labute approximate surface area is 162 Å². The minimum Gasteiger partial charge on any atom is -0.495 e. The van der Waals surface area contributed by atoms with E-state index >= 15 is 0 Å². The van der Waals surface area contributed by atoms with Gasteiger partial charge in [0.2, 0.25) is 5.91 Å². The number of hydrogen-bond donors (Lipinski definition) is 2. The largest absolute Gasteiger partial charge is 0.495 e. The zero-order valence-corrected chi connectivity index (χ0v) is 16.0. The average Bonchev–Trinajstić information content (AvgIpc) is 3.18. The minimum atomic E-state index is -0.529. The molecule has 1 fully saturated rings. The molecule has 3 rings (SSSR count). The van der Waals surface area contributed by atoms with Gasteiger partial charge in [0.1, 0.15) is 23.7 Å². The summed E-state index contributed by atoms with van der Waals surface area (Å²) in [5, 5.41) is 5.60. The third-order valence-electron chi connectivity index (χ3n) is 4.86. The topological polar surface area (TPSA) is 102 Å². The Morgan fingerprint density at radius 3 is 2.68 bits per heavy atom. The summed E-state index contributed by atoms with van der Waals surface area (Å²) < 4.78 is 6.41. The maximum atomic E-state index is 12.8. The first-order chi connectivity index (χ1) is 13.5. The normalized spacial score (nSPS) is 13.9. The van der Waals surface area contributed by atoms with E-state index in [0.717, 1.165) is 25.7 Å². The van der Waals surface area contributed by atoms with Crippen molar-refractivity contribution in [1.82, 2.24) is 14.9 Å². The number of amides is 2. The summed E-state index contributed by atoms with van der Waals surface area (Å²) in [5.41, 5.74) is -0.0791. The first kappa shape index (κ1) is 19.6. The van der Waals surface area contributed by atoms with Crippen molar-refractivity contribution < 1.29 is 14.3 Å². The number of methoxy groups -OCH3 is 1. The van der Waals surface area contributed by atoms with E-state index < -0.39 is 17.4 Å². The Morgan fingerprint density at radius 2 is 1.96 bits per heavy atom. The molecule has 0 saturated heterocycles. The first-order valence-electron chi connectivity index (χ1n) is 9.29. The number of hydrogen-bond acceptors (Lipinski definition) is 5. The summed E-state index contributed by atoms with van der Waals surface area (Å²) >= 11 is 0. The van der Waals surface area contributed by atoms with Crippen LogP contribution >= 0.6 is 0 Å². The van der Waals surface area contributed by atoms with Gasteiger partial charge in [-0.25, -0.2) is 4.98 Å². The van der Waals surface area contributed by atoms with Crippen molar-refractivity contribution >= 4 is 17.5 Å². The number of carbonyl (C=O) groups excluding carboxylic acids is 2. The monoisotopic (exact) mass is 384 g/mol. The van der Waals surface area contributed by atoms with E-state index in [9.17, 15) is 14.4 Å². The molecule has 1 aromatic heterocycles. The van der Waals surface area contributed by atoms with E-state index in [0.29, 0.717) is 17.3 Å². The molecule has 1 aliphatic carbocycles. The molecule has 2 N–H and O–H groups in total. The molecule has 1 aromatic carbocycles. The number of para-hydroxylation sites is 2. The minimum absolute atomic E-state index is 0.0532. The molecule has 8 nitrogen and oxygen atoms in total. The molecule has 28 heavy (non-hydrogen) atoms. The zero-order chi connectivity index (χ0) is 20.1. The van der Waals surface area contributed by atoms with Crippen LogP contribution in [0.4, 0.5) is 5.69 Å². The number of aryl methyl sites for hydroxylation is 1. The SMILES string of the molecule is COc1ccccc1NC(=O)Cn1c(C)ncc(C(=O)NC2CCCC2)c1=O. The fourth-order valence-electron chi connectivity index (χ4n) is 3.33. The highest BCUT2D eigenvalue weighted by molar-refractivity contribution is 5.94. The smallest absolute Gasteiger partial charge is 0.266 e. The number of nitrogens with zero attached hydrogens (tertiary/aromatic N) is 2. The standard InChI is InChI=1S/C20H24N4O4/c1-13-21-11-15(19(26)22-14-7-3-4-8-14)20(27)24(13)12-18(25)23-16-9-5-6-10-17(16)28-2/h5-6,9-11,14H,3-4,7-8,12H2,1-2H3,(H,22,26)(H,23,25). The van der Waals surface area contributed by atoms with Crippen molar-refractivity contribution in [1.29, 1.82) is 0 Å². The molecule has 0 bridgehead atoms. The van der Waals surface area contributed by atoms with E-state index in [-0.39, 0.29) is 18.2 Å². The highest BCUT2D eigenvalue weighted by Gasteiger charge is 2.21. The fourth-order valence-corrected chi connectivity index (χ4v) is 3.33. The predicted octanol–water partition coefficient (Wildman–Crippen LogP) is 1.87. The Hall–Kier alpha value is -3.16. The molecule has 2 amide bonds. The van der Waals surface area contributed by atoms with E-state index in [1.165, 1.54) is 17.9 Å². The summed E-state index contributed by atoms with van der Waals surface area (Å²) in [6.07, 6.45) is 5.26. The van der Waals surface area contributed by atoms with Gasteiger partial charge < -0.3 is 15.4 Å². The van der Waals surface area contributed by atoms with Gasteiger partial charge in [0.25, 0.3) is 11.5 Å².